The van der Waals surface area contributed by atoms with Gasteiger partial charge in [0.25, 0.3) is 5.91 Å². The molecule has 1 N–H and O–H groups in total. The standard InChI is InChI=1S/C32H33F2N3O4.ClH/c33-23-8-9-24(27(34)16-23)22-12-14-36(15-13-22)17-20-4-6-21(7-5-20)19-41-29-3-1-2-25-26(29)18-37(32(25)40)28-10-11-30(38)35-31(28)39;/h1-9,16,22,26,28-29H,10-15,17-19H2,(H,35,38,39);1H. The summed E-state index contributed by atoms with van der Waals surface area (Å²) in [7, 11) is 0. The van der Waals surface area contributed by atoms with Crippen molar-refractivity contribution in [3.63, 3.8) is 0 Å². The van der Waals surface area contributed by atoms with E-state index in [4.69, 9.17) is 4.74 Å². The van der Waals surface area contributed by atoms with Gasteiger partial charge in [-0.05, 0) is 61.0 Å². The van der Waals surface area contributed by atoms with E-state index in [9.17, 15) is 23.2 Å². The molecule has 1 aliphatic carbocycles. The van der Waals surface area contributed by atoms with E-state index in [-0.39, 0.29) is 48.6 Å². The maximum absolute atomic E-state index is 14.2. The van der Waals surface area contributed by atoms with Gasteiger partial charge in [-0.3, -0.25) is 24.6 Å². The average molecular weight is 598 g/mol. The second-order valence-corrected chi connectivity index (χ2v) is 11.3. The van der Waals surface area contributed by atoms with Gasteiger partial charge in [0.1, 0.15) is 17.7 Å². The van der Waals surface area contributed by atoms with E-state index in [1.54, 1.807) is 17.0 Å². The van der Waals surface area contributed by atoms with E-state index in [1.165, 1.54) is 11.6 Å². The number of carbonyl (C=O) groups is 3. The van der Waals surface area contributed by atoms with Crippen molar-refractivity contribution in [3.05, 3.63) is 94.6 Å². The summed E-state index contributed by atoms with van der Waals surface area (Å²) in [4.78, 5) is 40.9. The van der Waals surface area contributed by atoms with Crippen LogP contribution >= 0.6 is 12.4 Å². The number of allylic oxidation sites excluding steroid dienone is 2. The van der Waals surface area contributed by atoms with Crippen LogP contribution in [0.3, 0.4) is 0 Å². The van der Waals surface area contributed by atoms with Crippen LogP contribution in [0, 0.1) is 17.6 Å². The Morgan fingerprint density at radius 2 is 1.69 bits per heavy atom. The lowest BCUT2D eigenvalue weighted by atomic mass is 9.89. The topological polar surface area (TPSA) is 79.0 Å². The van der Waals surface area contributed by atoms with Gasteiger partial charge in [0.2, 0.25) is 11.8 Å². The molecule has 7 nitrogen and oxygen atoms in total. The summed E-state index contributed by atoms with van der Waals surface area (Å²) < 4.78 is 33.7. The number of piperidine rings is 2. The van der Waals surface area contributed by atoms with Gasteiger partial charge in [0.05, 0.1) is 12.7 Å². The fraction of sp³-hybridized carbons (Fsp3) is 0.406. The van der Waals surface area contributed by atoms with Crippen molar-refractivity contribution in [1.82, 2.24) is 15.1 Å². The molecular weight excluding hydrogens is 564 g/mol. The van der Waals surface area contributed by atoms with E-state index < -0.39 is 23.6 Å². The Labute approximate surface area is 250 Å². The van der Waals surface area contributed by atoms with Gasteiger partial charge in [0, 0.05) is 37.1 Å². The molecule has 222 valence electrons. The number of hydrogen-bond donors (Lipinski definition) is 1. The zero-order valence-electron chi connectivity index (χ0n) is 23.1. The smallest absolute Gasteiger partial charge is 0.250 e. The van der Waals surface area contributed by atoms with Crippen molar-refractivity contribution in [1.29, 1.82) is 0 Å². The molecule has 2 aromatic rings. The molecule has 3 unspecified atom stereocenters. The lowest BCUT2D eigenvalue weighted by Gasteiger charge is -2.32. The van der Waals surface area contributed by atoms with Crippen LogP contribution in [0.25, 0.3) is 0 Å². The Balaban J connectivity index is 0.00000353. The molecule has 0 bridgehead atoms. The number of likely N-dealkylation sites (tertiary alicyclic amines) is 2. The monoisotopic (exact) mass is 597 g/mol. The number of nitrogens with one attached hydrogen (secondary N) is 1. The fourth-order valence-electron chi connectivity index (χ4n) is 6.44. The summed E-state index contributed by atoms with van der Waals surface area (Å²) >= 11 is 0. The minimum Gasteiger partial charge on any atom is -0.369 e. The molecule has 3 atom stereocenters. The number of hydrogen-bond acceptors (Lipinski definition) is 5. The number of carbonyl (C=O) groups excluding carboxylic acids is 3. The maximum atomic E-state index is 14.2. The number of rotatable bonds is 7. The molecular formula is C32H34ClF2N3O4. The first-order valence-corrected chi connectivity index (χ1v) is 14.3. The molecule has 3 fully saturated rings. The van der Waals surface area contributed by atoms with Crippen LogP contribution in [0.5, 0.6) is 0 Å². The number of imide groups is 1. The molecule has 3 heterocycles. The SMILES string of the molecule is Cl.O=C1CCC(N2CC3C(=CC=CC3OCc3ccc(CN4CCC(c5ccc(F)cc5F)CC4)cc3)C2=O)C(=O)N1. The lowest BCUT2D eigenvalue weighted by molar-refractivity contribution is -0.142. The van der Waals surface area contributed by atoms with Gasteiger partial charge >= 0.3 is 0 Å². The molecule has 4 aliphatic rings. The number of nitrogens with zero attached hydrogens (tertiary/aromatic N) is 2. The molecule has 0 aromatic heterocycles. The van der Waals surface area contributed by atoms with Crippen LogP contribution in [0.2, 0.25) is 0 Å². The molecule has 2 aromatic carbocycles. The third-order valence-corrected chi connectivity index (χ3v) is 8.72. The Kier molecular flexibility index (Phi) is 9.20. The third-order valence-electron chi connectivity index (χ3n) is 8.72. The number of fused-ring (bicyclic) bond motifs is 1. The quantitative estimate of drug-likeness (QED) is 0.479. The van der Waals surface area contributed by atoms with Gasteiger partial charge in [-0.15, -0.1) is 12.4 Å². The first-order chi connectivity index (χ1) is 19.9. The second kappa shape index (κ2) is 12.9. The van der Waals surface area contributed by atoms with Crippen LogP contribution in [-0.4, -0.2) is 59.3 Å². The van der Waals surface area contributed by atoms with Gasteiger partial charge in [0.15, 0.2) is 0 Å². The van der Waals surface area contributed by atoms with E-state index in [0.29, 0.717) is 30.7 Å². The van der Waals surface area contributed by atoms with Crippen LogP contribution in [0.15, 0.2) is 66.3 Å². The number of amides is 3. The largest absolute Gasteiger partial charge is 0.369 e. The van der Waals surface area contributed by atoms with Crippen molar-refractivity contribution >= 4 is 30.1 Å². The highest BCUT2D eigenvalue weighted by molar-refractivity contribution is 6.05. The first-order valence-electron chi connectivity index (χ1n) is 14.3. The first kappa shape index (κ1) is 30.1. The molecule has 0 radical (unpaired) electrons. The molecule has 0 saturated carbocycles. The summed E-state index contributed by atoms with van der Waals surface area (Å²) in [6.45, 7) is 3.29. The van der Waals surface area contributed by atoms with Crippen molar-refractivity contribution in [2.24, 2.45) is 5.92 Å². The highest BCUT2D eigenvalue weighted by Crippen LogP contribution is 2.35. The highest BCUT2D eigenvalue weighted by atomic mass is 35.5. The van der Waals surface area contributed by atoms with Crippen LogP contribution < -0.4 is 5.32 Å². The molecule has 6 rings (SSSR count). The molecule has 42 heavy (non-hydrogen) atoms. The number of halogens is 3. The summed E-state index contributed by atoms with van der Waals surface area (Å²) in [6.07, 6.45) is 7.54. The Bertz CT molecular complexity index is 1400. The highest BCUT2D eigenvalue weighted by Gasteiger charge is 2.45. The minimum absolute atomic E-state index is 0. The Morgan fingerprint density at radius 3 is 2.40 bits per heavy atom. The average Bonchev–Trinajstić information content (AvgIpc) is 3.30. The van der Waals surface area contributed by atoms with Crippen molar-refractivity contribution in [2.75, 3.05) is 19.6 Å². The zero-order valence-corrected chi connectivity index (χ0v) is 24.0. The maximum Gasteiger partial charge on any atom is 0.250 e. The lowest BCUT2D eigenvalue weighted by Crippen LogP contribution is -2.53. The summed E-state index contributed by atoms with van der Waals surface area (Å²) in [5.74, 6) is -1.93. The van der Waals surface area contributed by atoms with E-state index in [2.05, 4.69) is 34.5 Å². The van der Waals surface area contributed by atoms with Crippen LogP contribution in [-0.2, 0) is 32.3 Å². The summed E-state index contributed by atoms with van der Waals surface area (Å²) in [6, 6.07) is 11.5. The van der Waals surface area contributed by atoms with E-state index >= 15 is 0 Å². The summed E-state index contributed by atoms with van der Waals surface area (Å²) in [5.41, 5.74) is 3.46. The van der Waals surface area contributed by atoms with Crippen molar-refractivity contribution in [3.8, 4) is 0 Å². The molecule has 0 spiro atoms. The Hall–Kier alpha value is -3.40. The van der Waals surface area contributed by atoms with Gasteiger partial charge in [-0.2, -0.15) is 0 Å². The van der Waals surface area contributed by atoms with Gasteiger partial charge in [-0.1, -0.05) is 48.6 Å². The molecule has 3 aliphatic heterocycles. The van der Waals surface area contributed by atoms with Crippen molar-refractivity contribution < 1.29 is 27.9 Å². The predicted octanol–water partition coefficient (Wildman–Crippen LogP) is 4.41. The van der Waals surface area contributed by atoms with Gasteiger partial charge in [-0.25, -0.2) is 8.78 Å². The normalized spacial score (nSPS) is 24.7. The number of benzene rings is 2. The third kappa shape index (κ3) is 6.33. The second-order valence-electron chi connectivity index (χ2n) is 11.3. The van der Waals surface area contributed by atoms with Crippen molar-refractivity contribution in [2.45, 2.75) is 56.9 Å². The van der Waals surface area contributed by atoms with Gasteiger partial charge < -0.3 is 9.64 Å². The van der Waals surface area contributed by atoms with E-state index in [0.717, 1.165) is 44.1 Å². The zero-order chi connectivity index (χ0) is 28.5. The van der Waals surface area contributed by atoms with Crippen LogP contribution in [0.1, 0.15) is 48.3 Å². The summed E-state index contributed by atoms with van der Waals surface area (Å²) in [5, 5.41) is 2.34. The minimum atomic E-state index is -0.630. The predicted molar refractivity (Wildman–Crippen MR) is 154 cm³/mol. The van der Waals surface area contributed by atoms with Crippen LogP contribution in [0.4, 0.5) is 8.78 Å². The Morgan fingerprint density at radius 1 is 0.952 bits per heavy atom. The molecule has 10 heteroatoms. The number of ether oxygens (including phenoxy) is 1. The van der Waals surface area contributed by atoms with E-state index in [1.807, 2.05) is 12.2 Å². The molecule has 3 saturated heterocycles. The molecule has 3 amide bonds. The fourth-order valence-corrected chi connectivity index (χ4v) is 6.44.